The molecule has 0 bridgehead atoms. The molecule has 2 heterocycles. The van der Waals surface area contributed by atoms with E-state index in [1.165, 1.54) is 32.9 Å². The van der Waals surface area contributed by atoms with Crippen LogP contribution in [0.5, 0.6) is 0 Å². The van der Waals surface area contributed by atoms with Crippen LogP contribution in [0.25, 0.3) is 0 Å². The first-order valence-electron chi connectivity index (χ1n) is 13.9. The summed E-state index contributed by atoms with van der Waals surface area (Å²) in [4.78, 5) is 0.126. The molecule has 1 aromatic carbocycles. The summed E-state index contributed by atoms with van der Waals surface area (Å²) >= 11 is 0. The quantitative estimate of drug-likeness (QED) is 0.405. The number of piperidine rings is 2. The number of rotatable bonds is 4. The Morgan fingerprint density at radius 3 is 1.75 bits per heavy atom. The van der Waals surface area contributed by atoms with Gasteiger partial charge in [0, 0.05) is 49.1 Å². The molecule has 4 aliphatic rings. The molecule has 2 unspecified atom stereocenters. The molecular weight excluding hydrogens is 552 g/mol. The van der Waals surface area contributed by atoms with E-state index in [4.69, 9.17) is 0 Å². The van der Waals surface area contributed by atoms with Crippen molar-refractivity contribution in [2.24, 2.45) is 45.8 Å². The SMILES string of the molecule is C[C@@H]1C[C@H](C)CN(S(=O)(=O)C2=CC3/C(=N\O)c4cc(S(=O)(=O)N5C[C@H](C)C[C@H](C)C5)ccc4/C(=N/O)C3C=C2)C1. The summed E-state index contributed by atoms with van der Waals surface area (Å²) in [5, 5.41) is 27.2. The first-order valence-corrected chi connectivity index (χ1v) is 16.7. The third kappa shape index (κ3) is 5.03. The lowest BCUT2D eigenvalue weighted by atomic mass is 9.71. The van der Waals surface area contributed by atoms with Crippen LogP contribution in [-0.4, -0.2) is 73.5 Å². The van der Waals surface area contributed by atoms with Crippen LogP contribution in [0.15, 0.2) is 56.5 Å². The average Bonchev–Trinajstić information content (AvgIpc) is 2.89. The third-order valence-electron chi connectivity index (χ3n) is 8.53. The van der Waals surface area contributed by atoms with E-state index in [2.05, 4.69) is 10.3 Å². The van der Waals surface area contributed by atoms with E-state index in [1.54, 1.807) is 12.1 Å². The summed E-state index contributed by atoms with van der Waals surface area (Å²) in [5.74, 6) is -0.446. The highest BCUT2D eigenvalue weighted by atomic mass is 32.2. The van der Waals surface area contributed by atoms with Crippen molar-refractivity contribution < 1.29 is 27.3 Å². The fraction of sp³-hybridized carbons (Fsp3) is 0.571. The van der Waals surface area contributed by atoms with E-state index >= 15 is 0 Å². The molecule has 2 aliphatic carbocycles. The van der Waals surface area contributed by atoms with Crippen LogP contribution < -0.4 is 0 Å². The molecular formula is C28H38N4O6S2. The van der Waals surface area contributed by atoms with Gasteiger partial charge in [0.1, 0.15) is 0 Å². The Labute approximate surface area is 236 Å². The Bertz CT molecular complexity index is 1490. The van der Waals surface area contributed by atoms with Crippen LogP contribution in [-0.2, 0) is 20.0 Å². The van der Waals surface area contributed by atoms with Gasteiger partial charge in [-0.25, -0.2) is 16.8 Å². The van der Waals surface area contributed by atoms with Gasteiger partial charge in [0.2, 0.25) is 20.0 Å². The summed E-state index contributed by atoms with van der Waals surface area (Å²) in [6.45, 7) is 9.82. The van der Waals surface area contributed by atoms with Crippen LogP contribution in [0.1, 0.15) is 51.7 Å². The first-order chi connectivity index (χ1) is 18.9. The summed E-state index contributed by atoms with van der Waals surface area (Å²) < 4.78 is 57.6. The normalized spacial score (nSPS) is 34.0. The largest absolute Gasteiger partial charge is 0.411 e. The predicted molar refractivity (Wildman–Crippen MR) is 152 cm³/mol. The van der Waals surface area contributed by atoms with E-state index in [0.717, 1.165) is 12.8 Å². The second-order valence-corrected chi connectivity index (χ2v) is 16.1. The summed E-state index contributed by atoms with van der Waals surface area (Å²) in [6.07, 6.45) is 6.61. The molecule has 2 aliphatic heterocycles. The summed E-state index contributed by atoms with van der Waals surface area (Å²) in [7, 11) is -7.67. The highest BCUT2D eigenvalue weighted by Crippen LogP contribution is 2.40. The maximum atomic E-state index is 13.7. The van der Waals surface area contributed by atoms with Crippen molar-refractivity contribution >= 4 is 31.5 Å². The standard InChI is InChI=1S/C28H38N4O6S2/c1-17-9-18(2)14-31(13-17)39(35,36)21-5-7-23-25(11-21)28(30-34)26-12-22(6-8-24(26)27(23)29-33)40(37,38)32-15-19(3)10-20(4)16-32/h5-8,11-12,17-20,23,25,33-34H,9-10,13-16H2,1-4H3/b29-27+,30-28+/t17-,18+,19-,20+,23?,25?. The van der Waals surface area contributed by atoms with Crippen molar-refractivity contribution in [3.8, 4) is 0 Å². The van der Waals surface area contributed by atoms with Gasteiger partial charge in [-0.2, -0.15) is 8.61 Å². The van der Waals surface area contributed by atoms with Crippen LogP contribution in [0.3, 0.4) is 0 Å². The average molecular weight is 591 g/mol. The topological polar surface area (TPSA) is 140 Å². The van der Waals surface area contributed by atoms with Crippen LogP contribution in [0.4, 0.5) is 0 Å². The summed E-state index contributed by atoms with van der Waals surface area (Å²) in [6, 6.07) is 4.49. The Balaban J connectivity index is 1.55. The number of oxime groups is 2. The lowest BCUT2D eigenvalue weighted by Crippen LogP contribution is -2.44. The van der Waals surface area contributed by atoms with Gasteiger partial charge in [-0.05, 0) is 54.7 Å². The molecule has 2 N–H and O–H groups in total. The second kappa shape index (κ2) is 10.7. The molecule has 218 valence electrons. The maximum absolute atomic E-state index is 13.7. The van der Waals surface area contributed by atoms with Gasteiger partial charge in [0.05, 0.1) is 21.2 Å². The van der Waals surface area contributed by atoms with Crippen molar-refractivity contribution in [2.75, 3.05) is 26.2 Å². The van der Waals surface area contributed by atoms with E-state index in [9.17, 15) is 27.3 Å². The van der Waals surface area contributed by atoms with Crippen molar-refractivity contribution in [3.05, 3.63) is 52.5 Å². The van der Waals surface area contributed by atoms with E-state index in [0.29, 0.717) is 37.3 Å². The molecule has 0 spiro atoms. The minimum atomic E-state index is -3.84. The second-order valence-electron chi connectivity index (χ2n) is 12.2. The zero-order chi connectivity index (χ0) is 29.0. The minimum absolute atomic E-state index is 0.0453. The molecule has 10 nitrogen and oxygen atoms in total. The third-order valence-corrected chi connectivity index (χ3v) is 12.2. The van der Waals surface area contributed by atoms with E-state index < -0.39 is 31.9 Å². The smallest absolute Gasteiger partial charge is 0.243 e. The Morgan fingerprint density at radius 1 is 0.725 bits per heavy atom. The van der Waals surface area contributed by atoms with Gasteiger partial charge in [-0.1, -0.05) is 56.2 Å². The number of sulfonamides is 2. The fourth-order valence-corrected chi connectivity index (χ4v) is 10.4. The molecule has 0 radical (unpaired) electrons. The van der Waals surface area contributed by atoms with Crippen LogP contribution in [0, 0.1) is 35.5 Å². The molecule has 1 aromatic rings. The minimum Gasteiger partial charge on any atom is -0.411 e. The van der Waals surface area contributed by atoms with Crippen molar-refractivity contribution in [3.63, 3.8) is 0 Å². The van der Waals surface area contributed by atoms with Gasteiger partial charge in [0.25, 0.3) is 0 Å². The first kappa shape index (κ1) is 29.0. The molecule has 0 aromatic heterocycles. The molecule has 2 fully saturated rings. The highest BCUT2D eigenvalue weighted by molar-refractivity contribution is 7.93. The number of hydrogen-bond donors (Lipinski definition) is 2. The molecule has 12 heteroatoms. The zero-order valence-corrected chi connectivity index (χ0v) is 24.9. The van der Waals surface area contributed by atoms with E-state index in [-0.39, 0.29) is 44.9 Å². The Hall–Kier alpha value is -2.54. The Kier molecular flexibility index (Phi) is 7.75. The lowest BCUT2D eigenvalue weighted by Gasteiger charge is -2.37. The van der Waals surface area contributed by atoms with Crippen molar-refractivity contribution in [1.29, 1.82) is 0 Å². The Morgan fingerprint density at radius 2 is 1.23 bits per heavy atom. The number of nitrogens with zero attached hydrogens (tertiary/aromatic N) is 4. The van der Waals surface area contributed by atoms with Crippen LogP contribution >= 0.6 is 0 Å². The molecule has 2 saturated heterocycles. The number of fused-ring (bicyclic) bond motifs is 2. The van der Waals surface area contributed by atoms with Gasteiger partial charge >= 0.3 is 0 Å². The molecule has 40 heavy (non-hydrogen) atoms. The molecule has 6 atom stereocenters. The van der Waals surface area contributed by atoms with Crippen LogP contribution in [0.2, 0.25) is 0 Å². The monoisotopic (exact) mass is 590 g/mol. The van der Waals surface area contributed by atoms with Gasteiger partial charge in [-0.15, -0.1) is 0 Å². The molecule has 0 amide bonds. The fourth-order valence-electron chi connectivity index (χ4n) is 6.96. The number of hydrogen-bond acceptors (Lipinski definition) is 8. The van der Waals surface area contributed by atoms with Gasteiger partial charge in [0.15, 0.2) is 0 Å². The summed E-state index contributed by atoms with van der Waals surface area (Å²) in [5.41, 5.74) is 1.10. The molecule has 0 saturated carbocycles. The molecule has 5 rings (SSSR count). The predicted octanol–water partition coefficient (Wildman–Crippen LogP) is 3.72. The maximum Gasteiger partial charge on any atom is 0.243 e. The van der Waals surface area contributed by atoms with Gasteiger partial charge < -0.3 is 10.4 Å². The highest BCUT2D eigenvalue weighted by Gasteiger charge is 2.42. The number of benzene rings is 1. The lowest BCUT2D eigenvalue weighted by molar-refractivity contribution is 0.222. The van der Waals surface area contributed by atoms with Crippen molar-refractivity contribution in [2.45, 2.75) is 45.4 Å². The zero-order valence-electron chi connectivity index (χ0n) is 23.3. The van der Waals surface area contributed by atoms with Crippen molar-refractivity contribution in [1.82, 2.24) is 8.61 Å². The van der Waals surface area contributed by atoms with E-state index in [1.807, 2.05) is 27.7 Å². The van der Waals surface area contributed by atoms with Gasteiger partial charge in [-0.3, -0.25) is 0 Å². The number of allylic oxidation sites excluding steroid dienone is 3.